The summed E-state index contributed by atoms with van der Waals surface area (Å²) in [5.41, 5.74) is 1.16. The Balaban J connectivity index is 1.50. The van der Waals surface area contributed by atoms with Crippen LogP contribution in [0.2, 0.25) is 0 Å². The van der Waals surface area contributed by atoms with E-state index >= 15 is 0 Å². The molecule has 1 aliphatic heterocycles. The fourth-order valence-corrected chi connectivity index (χ4v) is 3.15. The standard InChI is InChI=1S/C16H19N3O2S/c20-15(13-4-9-22-12-13)14-10-17-16(18-11-14)21-8-7-19-5-2-1-3-6-19/h4,9-12H,1-3,5-8H2. The molecule has 0 aromatic carbocycles. The van der Waals surface area contributed by atoms with Gasteiger partial charge in [-0.15, -0.1) is 0 Å². The highest BCUT2D eigenvalue weighted by atomic mass is 32.1. The number of rotatable bonds is 6. The van der Waals surface area contributed by atoms with Gasteiger partial charge in [0.05, 0.1) is 5.56 Å². The Morgan fingerprint density at radius 3 is 2.64 bits per heavy atom. The SMILES string of the molecule is O=C(c1cnc(OCCN2CCCCC2)nc1)c1ccsc1. The molecule has 1 aliphatic rings. The van der Waals surface area contributed by atoms with Gasteiger partial charge in [0, 0.05) is 29.9 Å². The number of carbonyl (C=O) groups is 1. The molecule has 0 radical (unpaired) electrons. The van der Waals surface area contributed by atoms with Crippen LogP contribution in [0.3, 0.4) is 0 Å². The molecule has 3 rings (SSSR count). The van der Waals surface area contributed by atoms with Crippen molar-refractivity contribution in [3.8, 4) is 6.01 Å². The van der Waals surface area contributed by atoms with Crippen LogP contribution in [0.4, 0.5) is 0 Å². The minimum atomic E-state index is -0.0545. The molecule has 0 amide bonds. The summed E-state index contributed by atoms with van der Waals surface area (Å²) in [5.74, 6) is -0.0545. The van der Waals surface area contributed by atoms with Gasteiger partial charge in [0.1, 0.15) is 6.61 Å². The molecule has 0 aliphatic carbocycles. The first-order valence-electron chi connectivity index (χ1n) is 7.57. The monoisotopic (exact) mass is 317 g/mol. The molecular weight excluding hydrogens is 298 g/mol. The van der Waals surface area contributed by atoms with Gasteiger partial charge in [-0.25, -0.2) is 9.97 Å². The highest BCUT2D eigenvalue weighted by molar-refractivity contribution is 7.08. The van der Waals surface area contributed by atoms with E-state index in [1.165, 1.54) is 43.0 Å². The number of nitrogens with zero attached hydrogens (tertiary/aromatic N) is 3. The van der Waals surface area contributed by atoms with Crippen molar-refractivity contribution >= 4 is 17.1 Å². The van der Waals surface area contributed by atoms with Crippen molar-refractivity contribution in [2.45, 2.75) is 19.3 Å². The molecule has 3 heterocycles. The van der Waals surface area contributed by atoms with Crippen molar-refractivity contribution in [1.29, 1.82) is 0 Å². The number of hydrogen-bond acceptors (Lipinski definition) is 6. The number of piperidine rings is 1. The van der Waals surface area contributed by atoms with Gasteiger partial charge in [-0.1, -0.05) is 6.42 Å². The average molecular weight is 317 g/mol. The zero-order chi connectivity index (χ0) is 15.2. The first-order valence-corrected chi connectivity index (χ1v) is 8.51. The minimum absolute atomic E-state index is 0.0545. The highest BCUT2D eigenvalue weighted by Crippen LogP contribution is 2.13. The lowest BCUT2D eigenvalue weighted by Gasteiger charge is -2.25. The van der Waals surface area contributed by atoms with Gasteiger partial charge in [-0.2, -0.15) is 11.3 Å². The van der Waals surface area contributed by atoms with E-state index in [-0.39, 0.29) is 5.78 Å². The largest absolute Gasteiger partial charge is 0.462 e. The van der Waals surface area contributed by atoms with Crippen molar-refractivity contribution in [2.75, 3.05) is 26.2 Å². The Hall–Kier alpha value is -1.79. The van der Waals surface area contributed by atoms with Crippen LogP contribution in [0, 0.1) is 0 Å². The lowest BCUT2D eigenvalue weighted by molar-refractivity contribution is 0.103. The second-order valence-electron chi connectivity index (χ2n) is 5.35. The second kappa shape index (κ2) is 7.47. The molecule has 6 heteroatoms. The number of ketones is 1. The Bertz CT molecular complexity index is 592. The molecule has 2 aromatic rings. The smallest absolute Gasteiger partial charge is 0.316 e. The molecule has 1 fully saturated rings. The fourth-order valence-electron chi connectivity index (χ4n) is 2.52. The molecule has 0 unspecified atom stereocenters. The van der Waals surface area contributed by atoms with Gasteiger partial charge in [0.2, 0.25) is 0 Å². The fraction of sp³-hybridized carbons (Fsp3) is 0.438. The number of hydrogen-bond donors (Lipinski definition) is 0. The van der Waals surface area contributed by atoms with Crippen molar-refractivity contribution in [3.63, 3.8) is 0 Å². The topological polar surface area (TPSA) is 55.3 Å². The number of likely N-dealkylation sites (tertiary alicyclic amines) is 1. The Kier molecular flexibility index (Phi) is 5.13. The molecule has 0 atom stereocenters. The number of aromatic nitrogens is 2. The van der Waals surface area contributed by atoms with Gasteiger partial charge < -0.3 is 4.74 Å². The van der Waals surface area contributed by atoms with Crippen LogP contribution in [0.1, 0.15) is 35.2 Å². The summed E-state index contributed by atoms with van der Waals surface area (Å²) in [7, 11) is 0. The summed E-state index contributed by atoms with van der Waals surface area (Å²) in [6.45, 7) is 3.79. The summed E-state index contributed by atoms with van der Waals surface area (Å²) < 4.78 is 5.56. The normalized spacial score (nSPS) is 15.6. The van der Waals surface area contributed by atoms with E-state index in [1.807, 2.05) is 10.8 Å². The van der Waals surface area contributed by atoms with Gasteiger partial charge in [-0.3, -0.25) is 9.69 Å². The minimum Gasteiger partial charge on any atom is -0.462 e. The maximum absolute atomic E-state index is 12.1. The third kappa shape index (κ3) is 3.90. The maximum atomic E-state index is 12.1. The van der Waals surface area contributed by atoms with Crippen molar-refractivity contribution < 1.29 is 9.53 Å². The predicted molar refractivity (Wildman–Crippen MR) is 85.6 cm³/mol. The van der Waals surface area contributed by atoms with Crippen LogP contribution in [-0.4, -0.2) is 46.9 Å². The Morgan fingerprint density at radius 2 is 1.95 bits per heavy atom. The Labute approximate surface area is 134 Å². The van der Waals surface area contributed by atoms with Gasteiger partial charge in [0.25, 0.3) is 0 Å². The molecule has 1 saturated heterocycles. The first-order chi connectivity index (χ1) is 10.8. The second-order valence-corrected chi connectivity index (χ2v) is 6.13. The number of thiophene rings is 1. The van der Waals surface area contributed by atoms with Crippen LogP contribution in [0.25, 0.3) is 0 Å². The van der Waals surface area contributed by atoms with E-state index in [0.29, 0.717) is 23.7 Å². The lowest BCUT2D eigenvalue weighted by atomic mass is 10.1. The van der Waals surface area contributed by atoms with E-state index in [0.717, 1.165) is 19.6 Å². The molecule has 0 bridgehead atoms. The lowest BCUT2D eigenvalue weighted by Crippen LogP contribution is -2.33. The molecule has 116 valence electrons. The summed E-state index contributed by atoms with van der Waals surface area (Å²) in [5, 5.41) is 3.71. The first kappa shape index (κ1) is 15.1. The molecular formula is C16H19N3O2S. The van der Waals surface area contributed by atoms with Gasteiger partial charge >= 0.3 is 6.01 Å². The third-order valence-corrected chi connectivity index (χ3v) is 4.44. The zero-order valence-corrected chi connectivity index (χ0v) is 13.2. The average Bonchev–Trinajstić information content (AvgIpc) is 3.10. The van der Waals surface area contributed by atoms with Crippen LogP contribution in [0.5, 0.6) is 6.01 Å². The van der Waals surface area contributed by atoms with Crippen molar-refractivity contribution in [1.82, 2.24) is 14.9 Å². The molecule has 22 heavy (non-hydrogen) atoms. The van der Waals surface area contributed by atoms with Crippen molar-refractivity contribution in [3.05, 3.63) is 40.3 Å². The molecule has 0 N–H and O–H groups in total. The van der Waals surface area contributed by atoms with Gasteiger partial charge in [-0.05, 0) is 37.4 Å². The van der Waals surface area contributed by atoms with Gasteiger partial charge in [0.15, 0.2) is 5.78 Å². The third-order valence-electron chi connectivity index (χ3n) is 3.76. The quantitative estimate of drug-likeness (QED) is 0.767. The van der Waals surface area contributed by atoms with Crippen LogP contribution in [-0.2, 0) is 0 Å². The van der Waals surface area contributed by atoms with E-state index in [4.69, 9.17) is 4.74 Å². The van der Waals surface area contributed by atoms with Crippen LogP contribution < -0.4 is 4.74 Å². The zero-order valence-electron chi connectivity index (χ0n) is 12.4. The summed E-state index contributed by atoms with van der Waals surface area (Å²) >= 11 is 1.50. The van der Waals surface area contributed by atoms with E-state index < -0.39 is 0 Å². The molecule has 0 spiro atoms. The van der Waals surface area contributed by atoms with Crippen LogP contribution >= 0.6 is 11.3 Å². The summed E-state index contributed by atoms with van der Waals surface area (Å²) in [6, 6.07) is 2.13. The van der Waals surface area contributed by atoms with E-state index in [9.17, 15) is 4.79 Å². The van der Waals surface area contributed by atoms with Crippen LogP contribution in [0.15, 0.2) is 29.2 Å². The molecule has 2 aromatic heterocycles. The number of carbonyl (C=O) groups excluding carboxylic acids is 1. The molecule has 0 saturated carbocycles. The predicted octanol–water partition coefficient (Wildman–Crippen LogP) is 2.63. The van der Waals surface area contributed by atoms with Crippen molar-refractivity contribution in [2.24, 2.45) is 0 Å². The summed E-state index contributed by atoms with van der Waals surface area (Å²) in [4.78, 5) is 22.8. The maximum Gasteiger partial charge on any atom is 0.316 e. The molecule has 5 nitrogen and oxygen atoms in total. The van der Waals surface area contributed by atoms with E-state index in [1.54, 1.807) is 6.07 Å². The summed E-state index contributed by atoms with van der Waals surface area (Å²) in [6.07, 6.45) is 6.94. The number of ether oxygens (including phenoxy) is 1. The van der Waals surface area contributed by atoms with E-state index in [2.05, 4.69) is 14.9 Å². The Morgan fingerprint density at radius 1 is 1.18 bits per heavy atom. The highest BCUT2D eigenvalue weighted by Gasteiger charge is 2.12.